The highest BCUT2D eigenvalue weighted by molar-refractivity contribution is 9.10. The molecule has 3 aromatic heterocycles. The van der Waals surface area contributed by atoms with Gasteiger partial charge in [0, 0.05) is 63.6 Å². The van der Waals surface area contributed by atoms with Crippen LogP contribution in [-0.2, 0) is 25.9 Å². The summed E-state index contributed by atoms with van der Waals surface area (Å²) in [5, 5.41) is 2.52. The molecule has 0 saturated carbocycles. The molecule has 6 aromatic rings. The van der Waals surface area contributed by atoms with E-state index in [9.17, 15) is 0 Å². The SMILES string of the molecule is Brc1ccc2c(/C=C/c3cc4ccccc4[n+]4c3-c3c(ccc5c3-c3cccc[n+]3CCC5)CCC4)c[nH]c2c1. The Balaban J connectivity index is 1.43. The number of halogens is 1. The van der Waals surface area contributed by atoms with Gasteiger partial charge in [-0.25, -0.2) is 0 Å². The van der Waals surface area contributed by atoms with Gasteiger partial charge in [-0.15, -0.1) is 0 Å². The van der Waals surface area contributed by atoms with Crippen molar-refractivity contribution in [2.45, 2.75) is 38.8 Å². The molecule has 0 aliphatic carbocycles. The molecule has 0 radical (unpaired) electrons. The standard InChI is InChI=1S/C36H29BrN3/c37-29-16-17-30-28(23-38-31(30)22-29)15-14-27-21-26-7-1-2-10-32(26)40-20-6-9-25-13-12-24-8-5-19-39-18-4-3-11-33(39)34(24)35(25)36(27)40/h1-4,7,10-18,21-23H,5-6,8-9,19-20H2/q+1/p+1. The molecule has 40 heavy (non-hydrogen) atoms. The van der Waals surface area contributed by atoms with Gasteiger partial charge in [0.25, 0.3) is 0 Å². The number of para-hydroxylation sites is 1. The van der Waals surface area contributed by atoms with E-state index in [1.165, 1.54) is 61.1 Å². The minimum atomic E-state index is 1.01. The number of fused-ring (bicyclic) bond motifs is 10. The van der Waals surface area contributed by atoms with Gasteiger partial charge >= 0.3 is 0 Å². The van der Waals surface area contributed by atoms with E-state index >= 15 is 0 Å². The number of aromatic nitrogens is 3. The highest BCUT2D eigenvalue weighted by Gasteiger charge is 2.33. The van der Waals surface area contributed by atoms with Gasteiger partial charge in [0.2, 0.25) is 16.9 Å². The van der Waals surface area contributed by atoms with Crippen LogP contribution >= 0.6 is 15.9 Å². The molecule has 3 aromatic carbocycles. The summed E-state index contributed by atoms with van der Waals surface area (Å²) >= 11 is 3.61. The largest absolute Gasteiger partial charge is 0.361 e. The van der Waals surface area contributed by atoms with Crippen molar-refractivity contribution < 1.29 is 9.13 Å². The van der Waals surface area contributed by atoms with Gasteiger partial charge < -0.3 is 4.98 Å². The van der Waals surface area contributed by atoms with E-state index in [0.717, 1.165) is 48.8 Å². The summed E-state index contributed by atoms with van der Waals surface area (Å²) in [6, 6.07) is 29.2. The van der Waals surface area contributed by atoms with Gasteiger partial charge in [-0.1, -0.05) is 52.3 Å². The van der Waals surface area contributed by atoms with Crippen LogP contribution in [0.25, 0.3) is 56.5 Å². The molecule has 5 heterocycles. The number of H-pyrrole nitrogens is 1. The normalized spacial score (nSPS) is 14.4. The lowest BCUT2D eigenvalue weighted by molar-refractivity contribution is -0.686. The number of hydrogen-bond donors (Lipinski definition) is 1. The van der Waals surface area contributed by atoms with Crippen LogP contribution in [0.15, 0.2) is 95.7 Å². The molecular formula is C36H30BrN3+2. The van der Waals surface area contributed by atoms with Crippen molar-refractivity contribution in [2.24, 2.45) is 0 Å². The number of benzene rings is 3. The first kappa shape index (κ1) is 23.8. The van der Waals surface area contributed by atoms with Crippen LogP contribution in [-0.4, -0.2) is 4.98 Å². The van der Waals surface area contributed by atoms with Gasteiger partial charge in [0.1, 0.15) is 13.1 Å². The molecule has 2 aliphatic rings. The monoisotopic (exact) mass is 583 g/mol. The Morgan fingerprint density at radius 3 is 2.48 bits per heavy atom. The topological polar surface area (TPSA) is 23.5 Å². The zero-order chi connectivity index (χ0) is 26.6. The molecule has 0 unspecified atom stereocenters. The fourth-order valence-corrected chi connectivity index (χ4v) is 7.24. The molecule has 0 atom stereocenters. The average Bonchev–Trinajstić information content (AvgIpc) is 3.14. The summed E-state index contributed by atoms with van der Waals surface area (Å²) in [6.07, 6.45) is 13.5. The van der Waals surface area contributed by atoms with Crippen LogP contribution in [0.4, 0.5) is 0 Å². The number of aromatic amines is 1. The summed E-state index contributed by atoms with van der Waals surface area (Å²) in [4.78, 5) is 3.45. The highest BCUT2D eigenvalue weighted by atomic mass is 79.9. The zero-order valence-electron chi connectivity index (χ0n) is 22.3. The molecule has 1 N–H and O–H groups in total. The fourth-order valence-electron chi connectivity index (χ4n) is 6.88. The maximum Gasteiger partial charge on any atom is 0.221 e. The number of rotatable bonds is 2. The Hall–Kier alpha value is -4.02. The van der Waals surface area contributed by atoms with Crippen molar-refractivity contribution in [3.8, 4) is 22.5 Å². The molecule has 0 spiro atoms. The first-order valence-electron chi connectivity index (χ1n) is 14.3. The summed E-state index contributed by atoms with van der Waals surface area (Å²) in [6.45, 7) is 2.07. The molecule has 8 rings (SSSR count). The fraction of sp³-hybridized carbons (Fsp3) is 0.167. The van der Waals surface area contributed by atoms with Gasteiger partial charge in [0.15, 0.2) is 6.20 Å². The molecular weight excluding hydrogens is 554 g/mol. The third-order valence-corrected chi connectivity index (χ3v) is 9.18. The van der Waals surface area contributed by atoms with Crippen molar-refractivity contribution >= 4 is 49.9 Å². The van der Waals surface area contributed by atoms with Crippen LogP contribution in [0.1, 0.15) is 35.1 Å². The van der Waals surface area contributed by atoms with Gasteiger partial charge in [-0.05, 0) is 65.9 Å². The Bertz CT molecular complexity index is 1980. The van der Waals surface area contributed by atoms with Crippen LogP contribution in [0.2, 0.25) is 0 Å². The van der Waals surface area contributed by atoms with E-state index in [2.05, 4.69) is 133 Å². The minimum Gasteiger partial charge on any atom is -0.361 e. The lowest BCUT2D eigenvalue weighted by Gasteiger charge is -2.15. The maximum absolute atomic E-state index is 3.61. The summed E-state index contributed by atoms with van der Waals surface area (Å²) in [7, 11) is 0. The predicted molar refractivity (Wildman–Crippen MR) is 167 cm³/mol. The smallest absolute Gasteiger partial charge is 0.221 e. The maximum atomic E-state index is 3.61. The Kier molecular flexibility index (Phi) is 5.70. The average molecular weight is 585 g/mol. The van der Waals surface area contributed by atoms with E-state index in [1.807, 2.05) is 0 Å². The minimum absolute atomic E-state index is 1.01. The molecule has 0 saturated heterocycles. The molecule has 2 aliphatic heterocycles. The van der Waals surface area contributed by atoms with Gasteiger partial charge in [-0.2, -0.15) is 9.13 Å². The lowest BCUT2D eigenvalue weighted by atomic mass is 9.87. The second kappa shape index (κ2) is 9.57. The number of nitrogens with one attached hydrogen (secondary N) is 1. The van der Waals surface area contributed by atoms with Crippen molar-refractivity contribution in [3.63, 3.8) is 0 Å². The van der Waals surface area contributed by atoms with Crippen molar-refractivity contribution in [1.29, 1.82) is 0 Å². The summed E-state index contributed by atoms with van der Waals surface area (Å²) in [5.41, 5.74) is 13.4. The number of aryl methyl sites for hydroxylation is 4. The Morgan fingerprint density at radius 2 is 1.55 bits per heavy atom. The summed E-state index contributed by atoms with van der Waals surface area (Å²) < 4.78 is 6.15. The number of hydrogen-bond acceptors (Lipinski definition) is 0. The van der Waals surface area contributed by atoms with Crippen LogP contribution in [0, 0.1) is 0 Å². The summed E-state index contributed by atoms with van der Waals surface area (Å²) in [5.74, 6) is 0. The van der Waals surface area contributed by atoms with E-state index in [4.69, 9.17) is 0 Å². The van der Waals surface area contributed by atoms with E-state index < -0.39 is 0 Å². The van der Waals surface area contributed by atoms with Gasteiger partial charge in [-0.3, -0.25) is 0 Å². The van der Waals surface area contributed by atoms with Crippen molar-refractivity contribution in [1.82, 2.24) is 4.98 Å². The van der Waals surface area contributed by atoms with E-state index in [0.29, 0.717) is 0 Å². The van der Waals surface area contributed by atoms with Crippen LogP contribution < -0.4 is 9.13 Å². The first-order chi connectivity index (χ1) is 19.7. The highest BCUT2D eigenvalue weighted by Crippen LogP contribution is 2.41. The third kappa shape index (κ3) is 3.85. The van der Waals surface area contributed by atoms with E-state index in [1.54, 1.807) is 0 Å². The quantitative estimate of drug-likeness (QED) is 0.199. The van der Waals surface area contributed by atoms with Gasteiger partial charge in [0.05, 0.1) is 11.1 Å². The Morgan fingerprint density at radius 1 is 0.750 bits per heavy atom. The molecule has 0 amide bonds. The lowest BCUT2D eigenvalue weighted by Crippen LogP contribution is -2.38. The van der Waals surface area contributed by atoms with Crippen molar-refractivity contribution in [3.05, 3.63) is 118 Å². The van der Waals surface area contributed by atoms with Crippen LogP contribution in [0.5, 0.6) is 0 Å². The number of pyridine rings is 2. The first-order valence-corrected chi connectivity index (χ1v) is 15.1. The molecule has 3 nitrogen and oxygen atoms in total. The second-order valence-electron chi connectivity index (χ2n) is 11.0. The zero-order valence-corrected chi connectivity index (χ0v) is 23.9. The van der Waals surface area contributed by atoms with E-state index in [-0.39, 0.29) is 0 Å². The van der Waals surface area contributed by atoms with Crippen molar-refractivity contribution in [2.75, 3.05) is 0 Å². The molecule has 0 fully saturated rings. The molecule has 194 valence electrons. The second-order valence-corrected chi connectivity index (χ2v) is 12.0. The molecule has 4 heteroatoms. The molecule has 0 bridgehead atoms. The predicted octanol–water partition coefficient (Wildman–Crippen LogP) is 8.06. The Labute approximate surface area is 242 Å². The number of nitrogens with zero attached hydrogens (tertiary/aromatic N) is 2. The third-order valence-electron chi connectivity index (χ3n) is 8.68. The van der Waals surface area contributed by atoms with Crippen LogP contribution in [0.3, 0.4) is 0 Å².